The van der Waals surface area contributed by atoms with Gasteiger partial charge in [-0.3, -0.25) is 24.6 Å². The van der Waals surface area contributed by atoms with Crippen LogP contribution >= 0.6 is 0 Å². The maximum atomic E-state index is 12.9. The molecule has 3 N–H and O–H groups in total. The molecule has 5 rings (SSSR count). The predicted octanol–water partition coefficient (Wildman–Crippen LogP) is 1.17. The van der Waals surface area contributed by atoms with E-state index in [2.05, 4.69) is 16.3 Å². The fourth-order valence-electron chi connectivity index (χ4n) is 5.71. The van der Waals surface area contributed by atoms with Gasteiger partial charge in [0.25, 0.3) is 5.91 Å². The van der Waals surface area contributed by atoms with Gasteiger partial charge < -0.3 is 15.4 Å². The van der Waals surface area contributed by atoms with Crippen molar-refractivity contribution in [3.63, 3.8) is 0 Å². The van der Waals surface area contributed by atoms with E-state index in [1.54, 1.807) is 4.90 Å². The Morgan fingerprint density at radius 1 is 1.16 bits per heavy atom. The summed E-state index contributed by atoms with van der Waals surface area (Å²) in [7, 11) is 0. The van der Waals surface area contributed by atoms with Crippen LogP contribution in [0.4, 0.5) is 0 Å². The monoisotopic (exact) mass is 440 g/mol. The van der Waals surface area contributed by atoms with Crippen molar-refractivity contribution in [2.45, 2.75) is 69.8 Å². The van der Waals surface area contributed by atoms with Crippen LogP contribution in [0.3, 0.4) is 0 Å². The molecule has 4 unspecified atom stereocenters. The maximum Gasteiger partial charge on any atom is 0.255 e. The maximum absolute atomic E-state index is 12.9. The van der Waals surface area contributed by atoms with Crippen molar-refractivity contribution in [3.05, 3.63) is 34.9 Å². The van der Waals surface area contributed by atoms with E-state index >= 15 is 0 Å². The van der Waals surface area contributed by atoms with Gasteiger partial charge in [-0.25, -0.2) is 0 Å². The summed E-state index contributed by atoms with van der Waals surface area (Å²) in [6, 6.07) is 5.71. The van der Waals surface area contributed by atoms with Crippen LogP contribution in [-0.2, 0) is 27.4 Å². The molecule has 4 atom stereocenters. The number of hydrogen-bond acceptors (Lipinski definition) is 6. The lowest BCUT2D eigenvalue weighted by Gasteiger charge is -2.39. The molecule has 8 nitrogen and oxygen atoms in total. The first kappa shape index (κ1) is 21.6. The highest BCUT2D eigenvalue weighted by Gasteiger charge is 2.39. The van der Waals surface area contributed by atoms with E-state index in [4.69, 9.17) is 10.5 Å². The van der Waals surface area contributed by atoms with Crippen molar-refractivity contribution in [3.8, 4) is 0 Å². The second kappa shape index (κ2) is 8.92. The first-order valence-electron chi connectivity index (χ1n) is 11.8. The average Bonchev–Trinajstić information content (AvgIpc) is 3.09. The molecule has 1 aromatic rings. The Morgan fingerprint density at radius 2 is 2.03 bits per heavy atom. The third kappa shape index (κ3) is 4.31. The summed E-state index contributed by atoms with van der Waals surface area (Å²) in [4.78, 5) is 40.7. The molecule has 0 radical (unpaired) electrons. The molecular weight excluding hydrogens is 408 g/mol. The minimum atomic E-state index is -0.569. The number of likely N-dealkylation sites (tertiary alicyclic amines) is 1. The molecule has 8 heteroatoms. The summed E-state index contributed by atoms with van der Waals surface area (Å²) in [5, 5.41) is 2.36. The van der Waals surface area contributed by atoms with Crippen molar-refractivity contribution in [1.29, 1.82) is 0 Å². The van der Waals surface area contributed by atoms with Crippen LogP contribution in [0.1, 0.15) is 60.0 Å². The van der Waals surface area contributed by atoms with Crippen LogP contribution in [0.15, 0.2) is 18.2 Å². The highest BCUT2D eigenvalue weighted by Crippen LogP contribution is 2.31. The number of fused-ring (bicyclic) bond motifs is 1. The summed E-state index contributed by atoms with van der Waals surface area (Å²) in [5.41, 5.74) is 8.98. The van der Waals surface area contributed by atoms with E-state index in [9.17, 15) is 14.4 Å². The first-order valence-corrected chi connectivity index (χ1v) is 11.8. The first-order chi connectivity index (χ1) is 15.5. The fourth-order valence-corrected chi connectivity index (χ4v) is 5.71. The molecule has 0 spiro atoms. The lowest BCUT2D eigenvalue weighted by molar-refractivity contribution is -0.136. The van der Waals surface area contributed by atoms with Gasteiger partial charge in [0.2, 0.25) is 11.8 Å². The van der Waals surface area contributed by atoms with Crippen molar-refractivity contribution in [2.24, 2.45) is 11.7 Å². The number of nitrogens with zero attached hydrogens (tertiary/aromatic N) is 2. The Hall–Kier alpha value is -2.29. The number of nitrogens with one attached hydrogen (secondary N) is 1. The molecule has 0 saturated carbocycles. The van der Waals surface area contributed by atoms with Crippen molar-refractivity contribution in [1.82, 2.24) is 15.1 Å². The molecule has 1 aromatic carbocycles. The fraction of sp³-hybridized carbons (Fsp3) is 0.625. The quantitative estimate of drug-likeness (QED) is 0.681. The number of piperidine rings is 2. The third-order valence-electron chi connectivity index (χ3n) is 7.42. The van der Waals surface area contributed by atoms with Gasteiger partial charge in [-0.15, -0.1) is 0 Å². The Morgan fingerprint density at radius 3 is 2.84 bits per heavy atom. The van der Waals surface area contributed by atoms with Gasteiger partial charge in [-0.1, -0.05) is 12.1 Å². The molecule has 0 aromatic heterocycles. The van der Waals surface area contributed by atoms with Gasteiger partial charge in [-0.2, -0.15) is 0 Å². The van der Waals surface area contributed by atoms with Crippen molar-refractivity contribution in [2.75, 3.05) is 19.7 Å². The van der Waals surface area contributed by atoms with Gasteiger partial charge in [0.15, 0.2) is 0 Å². The number of hydrogen-bond donors (Lipinski definition) is 2. The SMILES string of the molecule is NC1CCOC(C2CCCN(Cc3ccc4c(c3)CN(C3CCC(=O)NC3=O)C4=O)C2)C1. The van der Waals surface area contributed by atoms with Gasteiger partial charge >= 0.3 is 0 Å². The molecular formula is C24H32N4O4. The minimum absolute atomic E-state index is 0.120. The largest absolute Gasteiger partial charge is 0.378 e. The Balaban J connectivity index is 1.23. The van der Waals surface area contributed by atoms with Gasteiger partial charge in [0, 0.05) is 44.3 Å². The summed E-state index contributed by atoms with van der Waals surface area (Å²) in [6.45, 7) is 4.11. The second-order valence-corrected chi connectivity index (χ2v) is 9.72. The number of imide groups is 1. The molecule has 4 heterocycles. The molecule has 3 amide bonds. The van der Waals surface area contributed by atoms with Gasteiger partial charge in [0.1, 0.15) is 6.04 Å². The number of carbonyl (C=O) groups excluding carboxylic acids is 3. The number of rotatable bonds is 4. The van der Waals surface area contributed by atoms with Gasteiger partial charge in [0.05, 0.1) is 6.10 Å². The van der Waals surface area contributed by atoms with Crippen LogP contribution in [0.2, 0.25) is 0 Å². The Bertz CT molecular complexity index is 919. The summed E-state index contributed by atoms with van der Waals surface area (Å²) in [5.74, 6) is -0.233. The Labute approximate surface area is 188 Å². The molecule has 3 fully saturated rings. The van der Waals surface area contributed by atoms with Crippen LogP contribution < -0.4 is 11.1 Å². The molecule has 0 bridgehead atoms. The van der Waals surface area contributed by atoms with E-state index in [1.807, 2.05) is 12.1 Å². The van der Waals surface area contributed by atoms with Crippen LogP contribution in [-0.4, -0.2) is 65.4 Å². The van der Waals surface area contributed by atoms with E-state index < -0.39 is 6.04 Å². The lowest BCUT2D eigenvalue weighted by atomic mass is 9.87. The summed E-state index contributed by atoms with van der Waals surface area (Å²) < 4.78 is 6.04. The molecule has 172 valence electrons. The summed E-state index contributed by atoms with van der Waals surface area (Å²) in [6.07, 6.45) is 5.18. The molecule has 32 heavy (non-hydrogen) atoms. The average molecular weight is 441 g/mol. The second-order valence-electron chi connectivity index (χ2n) is 9.72. The zero-order chi connectivity index (χ0) is 22.2. The molecule has 4 aliphatic heterocycles. The minimum Gasteiger partial charge on any atom is -0.378 e. The van der Waals surface area contributed by atoms with E-state index in [0.29, 0.717) is 24.4 Å². The van der Waals surface area contributed by atoms with E-state index in [-0.39, 0.29) is 36.3 Å². The molecule has 4 aliphatic rings. The number of benzene rings is 1. The highest BCUT2D eigenvalue weighted by atomic mass is 16.5. The summed E-state index contributed by atoms with van der Waals surface area (Å²) >= 11 is 0. The zero-order valence-corrected chi connectivity index (χ0v) is 18.4. The number of carbonyl (C=O) groups is 3. The van der Waals surface area contributed by atoms with E-state index in [0.717, 1.165) is 51.1 Å². The number of ether oxygens (including phenoxy) is 1. The number of nitrogens with two attached hydrogens (primary N) is 1. The van der Waals surface area contributed by atoms with Crippen molar-refractivity contribution < 1.29 is 19.1 Å². The smallest absolute Gasteiger partial charge is 0.255 e. The molecule has 3 saturated heterocycles. The van der Waals surface area contributed by atoms with Crippen LogP contribution in [0.5, 0.6) is 0 Å². The lowest BCUT2D eigenvalue weighted by Crippen LogP contribution is -2.52. The topological polar surface area (TPSA) is 105 Å². The van der Waals surface area contributed by atoms with E-state index in [1.165, 1.54) is 12.0 Å². The van der Waals surface area contributed by atoms with Crippen LogP contribution in [0.25, 0.3) is 0 Å². The number of amides is 3. The van der Waals surface area contributed by atoms with Crippen LogP contribution in [0, 0.1) is 5.92 Å². The Kier molecular flexibility index (Phi) is 6.01. The standard InChI is InChI=1S/C24H32N4O4/c25-18-7-9-32-21(11-18)16-2-1-8-27(13-16)12-15-3-4-19-17(10-15)14-28(24(19)31)20-5-6-22(29)26-23(20)30/h3-4,10,16,18,20-21H,1-2,5-9,11-14,25H2,(H,26,29,30). The van der Waals surface area contributed by atoms with Gasteiger partial charge in [-0.05, 0) is 61.8 Å². The highest BCUT2D eigenvalue weighted by molar-refractivity contribution is 6.05. The normalized spacial score (nSPS) is 31.5. The van der Waals surface area contributed by atoms with Crippen molar-refractivity contribution >= 4 is 17.7 Å². The molecule has 0 aliphatic carbocycles. The zero-order valence-electron chi connectivity index (χ0n) is 18.4. The third-order valence-corrected chi connectivity index (χ3v) is 7.42. The predicted molar refractivity (Wildman–Crippen MR) is 117 cm³/mol.